The Kier molecular flexibility index (Phi) is 4.68. The fourth-order valence-electron chi connectivity index (χ4n) is 3.21. The molecule has 0 radical (unpaired) electrons. The number of hydrogen-bond donors (Lipinski definition) is 0. The number of anilines is 1. The van der Waals surface area contributed by atoms with E-state index in [4.69, 9.17) is 0 Å². The third kappa shape index (κ3) is 3.14. The van der Waals surface area contributed by atoms with Crippen molar-refractivity contribution in [1.29, 1.82) is 0 Å². The van der Waals surface area contributed by atoms with E-state index in [9.17, 15) is 10.1 Å². The molecule has 1 fully saturated rings. The summed E-state index contributed by atoms with van der Waals surface area (Å²) in [6.45, 7) is 8.63. The predicted molar refractivity (Wildman–Crippen MR) is 85.3 cm³/mol. The van der Waals surface area contributed by atoms with E-state index in [2.05, 4.69) is 34.7 Å². The summed E-state index contributed by atoms with van der Waals surface area (Å²) >= 11 is 3.54. The third-order valence-electron chi connectivity index (χ3n) is 3.90. The van der Waals surface area contributed by atoms with Gasteiger partial charge in [-0.2, -0.15) is 0 Å². The van der Waals surface area contributed by atoms with Gasteiger partial charge in [-0.05, 0) is 46.2 Å². The average molecular weight is 341 g/mol. The summed E-state index contributed by atoms with van der Waals surface area (Å²) in [5.74, 6) is 1.32. The molecular weight excluding hydrogens is 320 g/mol. The number of piperidine rings is 1. The summed E-state index contributed by atoms with van der Waals surface area (Å²) in [5, 5.41) is 11.0. The van der Waals surface area contributed by atoms with Gasteiger partial charge in [0, 0.05) is 29.7 Å². The Labute approximate surface area is 128 Å². The first-order valence-electron chi connectivity index (χ1n) is 7.14. The Morgan fingerprint density at radius 1 is 1.35 bits per heavy atom. The molecule has 1 aromatic carbocycles. The van der Waals surface area contributed by atoms with Crippen molar-refractivity contribution in [2.45, 2.75) is 33.6 Å². The lowest BCUT2D eigenvalue weighted by atomic mass is 9.91. The van der Waals surface area contributed by atoms with Gasteiger partial charge in [0.25, 0.3) is 5.69 Å². The zero-order valence-electron chi connectivity index (χ0n) is 12.2. The van der Waals surface area contributed by atoms with Gasteiger partial charge in [0.15, 0.2) is 0 Å². The van der Waals surface area contributed by atoms with E-state index >= 15 is 0 Å². The topological polar surface area (TPSA) is 46.4 Å². The lowest BCUT2D eigenvalue weighted by Crippen LogP contribution is -2.39. The largest absolute Gasteiger partial charge is 0.370 e. The van der Waals surface area contributed by atoms with Gasteiger partial charge in [0.1, 0.15) is 0 Å². The number of benzene rings is 1. The van der Waals surface area contributed by atoms with E-state index in [-0.39, 0.29) is 10.6 Å². The first kappa shape index (κ1) is 15.3. The summed E-state index contributed by atoms with van der Waals surface area (Å²) < 4.78 is 0.838. The Bertz CT molecular complexity index is 509. The molecule has 2 rings (SSSR count). The standard InChI is InChI=1S/C15H21BrN2O2/c1-4-12-6-13(18(19)20)7-14(16)15(12)17-8-10(2)5-11(3)9-17/h6-7,10-11H,4-5,8-9H2,1-3H3/t10-,11+. The average Bonchev–Trinajstić information content (AvgIpc) is 2.36. The van der Waals surface area contributed by atoms with Gasteiger partial charge in [-0.3, -0.25) is 10.1 Å². The lowest BCUT2D eigenvalue weighted by Gasteiger charge is -2.38. The maximum Gasteiger partial charge on any atom is 0.270 e. The van der Waals surface area contributed by atoms with Gasteiger partial charge in [-0.15, -0.1) is 0 Å². The number of nitrogens with zero attached hydrogens (tertiary/aromatic N) is 2. The highest BCUT2D eigenvalue weighted by molar-refractivity contribution is 9.10. The maximum absolute atomic E-state index is 11.0. The molecule has 4 nitrogen and oxygen atoms in total. The molecule has 5 heteroatoms. The highest BCUT2D eigenvalue weighted by Gasteiger charge is 2.26. The maximum atomic E-state index is 11.0. The van der Waals surface area contributed by atoms with Crippen LogP contribution < -0.4 is 4.90 Å². The van der Waals surface area contributed by atoms with Crippen molar-refractivity contribution in [3.63, 3.8) is 0 Å². The molecule has 0 bridgehead atoms. The van der Waals surface area contributed by atoms with Gasteiger partial charge in [-0.1, -0.05) is 20.8 Å². The second kappa shape index (κ2) is 6.12. The Morgan fingerprint density at radius 2 is 1.95 bits per heavy atom. The number of nitro groups is 1. The van der Waals surface area contributed by atoms with Gasteiger partial charge in [0.2, 0.25) is 0 Å². The second-order valence-electron chi connectivity index (χ2n) is 5.90. The van der Waals surface area contributed by atoms with Crippen LogP contribution in [0.1, 0.15) is 32.8 Å². The van der Waals surface area contributed by atoms with E-state index < -0.39 is 0 Å². The number of nitro benzene ring substituents is 1. The molecule has 0 saturated carbocycles. The van der Waals surface area contributed by atoms with Crippen molar-refractivity contribution < 1.29 is 4.92 Å². The molecule has 1 saturated heterocycles. The molecule has 0 N–H and O–H groups in total. The number of aryl methyl sites for hydroxylation is 1. The number of halogens is 1. The van der Waals surface area contributed by atoms with Crippen molar-refractivity contribution >= 4 is 27.3 Å². The van der Waals surface area contributed by atoms with Crippen LogP contribution >= 0.6 is 15.9 Å². The van der Waals surface area contributed by atoms with Crippen LogP contribution in [0, 0.1) is 22.0 Å². The minimum Gasteiger partial charge on any atom is -0.370 e. The predicted octanol–water partition coefficient (Wildman–Crippen LogP) is 4.40. The summed E-state index contributed by atoms with van der Waals surface area (Å²) in [6.07, 6.45) is 2.05. The summed E-state index contributed by atoms with van der Waals surface area (Å²) in [4.78, 5) is 13.0. The molecule has 110 valence electrons. The quantitative estimate of drug-likeness (QED) is 0.605. The molecule has 1 aliphatic heterocycles. The molecule has 20 heavy (non-hydrogen) atoms. The molecule has 0 aromatic heterocycles. The van der Waals surface area contributed by atoms with E-state index in [0.717, 1.165) is 35.2 Å². The van der Waals surface area contributed by atoms with Crippen molar-refractivity contribution in [3.05, 3.63) is 32.3 Å². The highest BCUT2D eigenvalue weighted by atomic mass is 79.9. The lowest BCUT2D eigenvalue weighted by molar-refractivity contribution is -0.385. The Morgan fingerprint density at radius 3 is 2.45 bits per heavy atom. The van der Waals surface area contributed by atoms with E-state index in [0.29, 0.717) is 11.8 Å². The first-order valence-corrected chi connectivity index (χ1v) is 7.93. The van der Waals surface area contributed by atoms with Crippen LogP contribution in [0.15, 0.2) is 16.6 Å². The zero-order valence-corrected chi connectivity index (χ0v) is 13.8. The Hall–Kier alpha value is -1.10. The van der Waals surface area contributed by atoms with Crippen molar-refractivity contribution in [1.82, 2.24) is 0 Å². The van der Waals surface area contributed by atoms with E-state index in [1.54, 1.807) is 12.1 Å². The molecule has 0 aliphatic carbocycles. The van der Waals surface area contributed by atoms with Crippen LogP contribution in [0.3, 0.4) is 0 Å². The third-order valence-corrected chi connectivity index (χ3v) is 4.51. The highest BCUT2D eigenvalue weighted by Crippen LogP contribution is 2.37. The number of rotatable bonds is 3. The molecule has 0 spiro atoms. The van der Waals surface area contributed by atoms with E-state index in [1.807, 2.05) is 6.92 Å². The summed E-state index contributed by atoms with van der Waals surface area (Å²) in [6, 6.07) is 3.34. The van der Waals surface area contributed by atoms with Crippen molar-refractivity contribution in [3.8, 4) is 0 Å². The van der Waals surface area contributed by atoms with Gasteiger partial charge in [0.05, 0.1) is 10.6 Å². The van der Waals surface area contributed by atoms with E-state index in [1.165, 1.54) is 6.42 Å². The van der Waals surface area contributed by atoms with Crippen LogP contribution in [0.2, 0.25) is 0 Å². The zero-order chi connectivity index (χ0) is 14.9. The minimum atomic E-state index is -0.324. The molecule has 0 unspecified atom stereocenters. The summed E-state index contributed by atoms with van der Waals surface area (Å²) in [5.41, 5.74) is 2.35. The fraction of sp³-hybridized carbons (Fsp3) is 0.600. The SMILES string of the molecule is CCc1cc([N+](=O)[O-])cc(Br)c1N1C[C@H](C)C[C@H](C)C1. The van der Waals surface area contributed by atoms with Gasteiger partial charge >= 0.3 is 0 Å². The minimum absolute atomic E-state index is 0.163. The molecular formula is C15H21BrN2O2. The second-order valence-corrected chi connectivity index (χ2v) is 6.75. The van der Waals surface area contributed by atoms with Crippen LogP contribution in [0.4, 0.5) is 11.4 Å². The Balaban J connectivity index is 2.42. The molecule has 2 atom stereocenters. The van der Waals surface area contributed by atoms with Crippen molar-refractivity contribution in [2.75, 3.05) is 18.0 Å². The van der Waals surface area contributed by atoms with Gasteiger partial charge < -0.3 is 4.90 Å². The molecule has 0 amide bonds. The van der Waals surface area contributed by atoms with Crippen LogP contribution in [-0.2, 0) is 6.42 Å². The normalized spacial score (nSPS) is 22.9. The van der Waals surface area contributed by atoms with Gasteiger partial charge in [-0.25, -0.2) is 0 Å². The van der Waals surface area contributed by atoms with Crippen molar-refractivity contribution in [2.24, 2.45) is 11.8 Å². The molecule has 1 aromatic rings. The van der Waals surface area contributed by atoms with Crippen LogP contribution in [-0.4, -0.2) is 18.0 Å². The number of non-ortho nitro benzene ring substituents is 1. The first-order chi connectivity index (χ1) is 9.42. The summed E-state index contributed by atoms with van der Waals surface area (Å²) in [7, 11) is 0. The fourth-order valence-corrected chi connectivity index (χ4v) is 3.95. The van der Waals surface area contributed by atoms with Crippen LogP contribution in [0.25, 0.3) is 0 Å². The molecule has 1 aliphatic rings. The monoisotopic (exact) mass is 340 g/mol. The number of hydrogen-bond acceptors (Lipinski definition) is 3. The molecule has 1 heterocycles. The van der Waals surface area contributed by atoms with Crippen LogP contribution in [0.5, 0.6) is 0 Å². The smallest absolute Gasteiger partial charge is 0.270 e.